The monoisotopic (exact) mass is 259 g/mol. The maximum absolute atomic E-state index is 12.0. The number of phenolic OH excluding ortho intramolecular Hbond substituents is 1. The number of rotatable bonds is 4. The van der Waals surface area contributed by atoms with Crippen molar-refractivity contribution < 1.29 is 15.0 Å². The van der Waals surface area contributed by atoms with E-state index in [0.29, 0.717) is 11.9 Å². The summed E-state index contributed by atoms with van der Waals surface area (Å²) in [6, 6.07) is 10.8. The van der Waals surface area contributed by atoms with Crippen LogP contribution >= 0.6 is 0 Å². The molecule has 1 atom stereocenters. The van der Waals surface area contributed by atoms with Crippen molar-refractivity contribution in [1.82, 2.24) is 5.32 Å². The predicted molar refractivity (Wildman–Crippen MR) is 74.2 cm³/mol. The first-order valence-corrected chi connectivity index (χ1v) is 6.23. The molecule has 0 aromatic heterocycles. The highest BCUT2D eigenvalue weighted by Crippen LogP contribution is 2.28. The van der Waals surface area contributed by atoms with E-state index < -0.39 is 0 Å². The molecular formula is C15H17NO3. The summed E-state index contributed by atoms with van der Waals surface area (Å²) >= 11 is 0. The highest BCUT2D eigenvalue weighted by atomic mass is 16.3. The minimum Gasteiger partial charge on any atom is -0.506 e. The van der Waals surface area contributed by atoms with Crippen molar-refractivity contribution in [3.05, 3.63) is 42.0 Å². The van der Waals surface area contributed by atoms with Gasteiger partial charge in [0.2, 0.25) is 0 Å². The Morgan fingerprint density at radius 2 is 2.00 bits per heavy atom. The van der Waals surface area contributed by atoms with Crippen LogP contribution < -0.4 is 5.32 Å². The third-order valence-electron chi connectivity index (χ3n) is 3.07. The molecule has 3 N–H and O–H groups in total. The van der Waals surface area contributed by atoms with Gasteiger partial charge in [-0.05, 0) is 17.4 Å². The van der Waals surface area contributed by atoms with E-state index >= 15 is 0 Å². The SMILES string of the molecule is CC(CO)CNC(=O)c1ccc2ccccc2c1O. The van der Waals surface area contributed by atoms with E-state index in [-0.39, 0.29) is 29.7 Å². The maximum Gasteiger partial charge on any atom is 0.255 e. The van der Waals surface area contributed by atoms with Crippen LogP contribution in [0.2, 0.25) is 0 Å². The third-order valence-corrected chi connectivity index (χ3v) is 3.07. The number of fused-ring (bicyclic) bond motifs is 1. The number of phenols is 1. The molecule has 0 saturated heterocycles. The molecule has 0 saturated carbocycles. The number of hydrogen-bond acceptors (Lipinski definition) is 3. The highest BCUT2D eigenvalue weighted by molar-refractivity contribution is 6.03. The smallest absolute Gasteiger partial charge is 0.255 e. The van der Waals surface area contributed by atoms with Crippen molar-refractivity contribution in [1.29, 1.82) is 0 Å². The van der Waals surface area contributed by atoms with Crippen LogP contribution in [0.5, 0.6) is 5.75 Å². The Labute approximate surface area is 111 Å². The largest absolute Gasteiger partial charge is 0.506 e. The Morgan fingerprint density at radius 3 is 2.74 bits per heavy atom. The van der Waals surface area contributed by atoms with Crippen LogP contribution in [0, 0.1) is 5.92 Å². The summed E-state index contributed by atoms with van der Waals surface area (Å²) in [4.78, 5) is 12.0. The predicted octanol–water partition coefficient (Wildman–Crippen LogP) is 1.90. The number of benzene rings is 2. The van der Waals surface area contributed by atoms with Gasteiger partial charge in [-0.25, -0.2) is 0 Å². The van der Waals surface area contributed by atoms with E-state index in [9.17, 15) is 9.90 Å². The summed E-state index contributed by atoms with van der Waals surface area (Å²) in [6.45, 7) is 2.23. The molecule has 0 aliphatic carbocycles. The molecule has 2 aromatic rings. The van der Waals surface area contributed by atoms with Crippen molar-refractivity contribution >= 4 is 16.7 Å². The fourth-order valence-corrected chi connectivity index (χ4v) is 1.87. The van der Waals surface area contributed by atoms with E-state index in [1.165, 1.54) is 0 Å². The Morgan fingerprint density at radius 1 is 1.26 bits per heavy atom. The molecule has 4 heteroatoms. The summed E-state index contributed by atoms with van der Waals surface area (Å²) in [5.41, 5.74) is 0.254. The second-order valence-electron chi connectivity index (χ2n) is 4.68. The van der Waals surface area contributed by atoms with E-state index in [4.69, 9.17) is 5.11 Å². The summed E-state index contributed by atoms with van der Waals surface area (Å²) in [6.07, 6.45) is 0. The fraction of sp³-hybridized carbons (Fsp3) is 0.267. The van der Waals surface area contributed by atoms with Crippen LogP contribution in [0.1, 0.15) is 17.3 Å². The second-order valence-corrected chi connectivity index (χ2v) is 4.68. The molecule has 2 aromatic carbocycles. The Hall–Kier alpha value is -2.07. The van der Waals surface area contributed by atoms with Gasteiger partial charge in [0.1, 0.15) is 5.75 Å². The number of carbonyl (C=O) groups is 1. The highest BCUT2D eigenvalue weighted by Gasteiger charge is 2.14. The molecule has 1 amide bonds. The van der Waals surface area contributed by atoms with Gasteiger partial charge in [-0.2, -0.15) is 0 Å². The minimum absolute atomic E-state index is 0.00717. The number of aliphatic hydroxyl groups is 1. The normalized spacial score (nSPS) is 12.3. The van der Waals surface area contributed by atoms with Gasteiger partial charge in [0, 0.05) is 18.5 Å². The van der Waals surface area contributed by atoms with Crippen molar-refractivity contribution in [2.45, 2.75) is 6.92 Å². The molecule has 2 rings (SSSR count). The second kappa shape index (κ2) is 5.71. The quantitative estimate of drug-likeness (QED) is 0.785. The Balaban J connectivity index is 2.25. The van der Waals surface area contributed by atoms with E-state index in [2.05, 4.69) is 5.32 Å². The van der Waals surface area contributed by atoms with Gasteiger partial charge in [0.05, 0.1) is 5.56 Å². The molecular weight excluding hydrogens is 242 g/mol. The topological polar surface area (TPSA) is 69.6 Å². The lowest BCUT2D eigenvalue weighted by Gasteiger charge is -2.11. The summed E-state index contributed by atoms with van der Waals surface area (Å²) in [5, 5.41) is 23.3. The zero-order valence-corrected chi connectivity index (χ0v) is 10.8. The number of nitrogens with one attached hydrogen (secondary N) is 1. The van der Waals surface area contributed by atoms with Crippen LogP contribution in [-0.2, 0) is 0 Å². The number of aliphatic hydroxyl groups excluding tert-OH is 1. The molecule has 100 valence electrons. The van der Waals surface area contributed by atoms with Gasteiger partial charge in [-0.1, -0.05) is 37.3 Å². The molecule has 0 fully saturated rings. The fourth-order valence-electron chi connectivity index (χ4n) is 1.87. The third kappa shape index (κ3) is 2.85. The van der Waals surface area contributed by atoms with Gasteiger partial charge >= 0.3 is 0 Å². The molecule has 0 radical (unpaired) electrons. The summed E-state index contributed by atoms with van der Waals surface area (Å²) in [7, 11) is 0. The minimum atomic E-state index is -0.330. The van der Waals surface area contributed by atoms with Gasteiger partial charge < -0.3 is 15.5 Å². The van der Waals surface area contributed by atoms with E-state index in [1.54, 1.807) is 18.2 Å². The van der Waals surface area contributed by atoms with Crippen molar-refractivity contribution in [3.63, 3.8) is 0 Å². The van der Waals surface area contributed by atoms with Crippen LogP contribution in [0.4, 0.5) is 0 Å². The summed E-state index contributed by atoms with van der Waals surface area (Å²) < 4.78 is 0. The number of aromatic hydroxyl groups is 1. The van der Waals surface area contributed by atoms with Crippen LogP contribution in [-0.4, -0.2) is 29.3 Å². The molecule has 0 aliphatic rings. The average molecular weight is 259 g/mol. The van der Waals surface area contributed by atoms with E-state index in [1.807, 2.05) is 25.1 Å². The first kappa shape index (κ1) is 13.4. The Bertz CT molecular complexity index is 595. The molecule has 0 bridgehead atoms. The lowest BCUT2D eigenvalue weighted by atomic mass is 10.0. The molecule has 4 nitrogen and oxygen atoms in total. The van der Waals surface area contributed by atoms with Crippen LogP contribution in [0.25, 0.3) is 10.8 Å². The Kier molecular flexibility index (Phi) is 4.02. The lowest BCUT2D eigenvalue weighted by Crippen LogP contribution is -2.29. The molecule has 0 heterocycles. The van der Waals surface area contributed by atoms with Crippen molar-refractivity contribution in [2.75, 3.05) is 13.2 Å². The molecule has 0 spiro atoms. The van der Waals surface area contributed by atoms with Crippen LogP contribution in [0.3, 0.4) is 0 Å². The average Bonchev–Trinajstić information content (AvgIpc) is 2.45. The van der Waals surface area contributed by atoms with Crippen molar-refractivity contribution in [3.8, 4) is 5.75 Å². The number of hydrogen-bond donors (Lipinski definition) is 3. The van der Waals surface area contributed by atoms with E-state index in [0.717, 1.165) is 5.39 Å². The first-order chi connectivity index (χ1) is 9.13. The molecule has 19 heavy (non-hydrogen) atoms. The zero-order chi connectivity index (χ0) is 13.8. The van der Waals surface area contributed by atoms with Crippen molar-refractivity contribution in [2.24, 2.45) is 5.92 Å². The lowest BCUT2D eigenvalue weighted by molar-refractivity contribution is 0.0940. The number of carbonyl (C=O) groups excluding carboxylic acids is 1. The van der Waals surface area contributed by atoms with Gasteiger partial charge in [0.15, 0.2) is 0 Å². The summed E-state index contributed by atoms with van der Waals surface area (Å²) in [5.74, 6) is -0.345. The number of amides is 1. The molecule has 0 aliphatic heterocycles. The van der Waals surface area contributed by atoms with Gasteiger partial charge in [-0.15, -0.1) is 0 Å². The first-order valence-electron chi connectivity index (χ1n) is 6.23. The van der Waals surface area contributed by atoms with Gasteiger partial charge in [0.25, 0.3) is 5.91 Å². The standard InChI is InChI=1S/C15H17NO3/c1-10(9-17)8-16-15(19)13-7-6-11-4-2-3-5-12(11)14(13)18/h2-7,10,17-18H,8-9H2,1H3,(H,16,19). The molecule has 1 unspecified atom stereocenters. The zero-order valence-electron chi connectivity index (χ0n) is 10.8. The maximum atomic E-state index is 12.0. The van der Waals surface area contributed by atoms with Gasteiger partial charge in [-0.3, -0.25) is 4.79 Å². The van der Waals surface area contributed by atoms with Crippen LogP contribution in [0.15, 0.2) is 36.4 Å².